The summed E-state index contributed by atoms with van der Waals surface area (Å²) in [6.45, 7) is 3.66. The van der Waals surface area contributed by atoms with Crippen LogP contribution in [0.2, 0.25) is 0 Å². The van der Waals surface area contributed by atoms with E-state index < -0.39 is 5.91 Å². The van der Waals surface area contributed by atoms with Gasteiger partial charge < -0.3 is 25.3 Å². The second-order valence-electron chi connectivity index (χ2n) is 12.6. The summed E-state index contributed by atoms with van der Waals surface area (Å²) in [7, 11) is 0. The van der Waals surface area contributed by atoms with Gasteiger partial charge in [-0.3, -0.25) is 4.79 Å². The first kappa shape index (κ1) is 38.5. The number of benzene rings is 5. The average Bonchev–Trinajstić information content (AvgIpc) is 3.18. The third kappa shape index (κ3) is 13.1. The lowest BCUT2D eigenvalue weighted by atomic mass is 10.0. The Bertz CT molecular complexity index is 1890. The molecule has 1 amide bonds. The van der Waals surface area contributed by atoms with Crippen LogP contribution in [-0.2, 0) is 22.7 Å². The fraction of sp³-hybridized carbons (Fsp3) is 0.267. The molecule has 7 heteroatoms. The predicted octanol–water partition coefficient (Wildman–Crippen LogP) is 9.66. The molecule has 6 nitrogen and oxygen atoms in total. The Kier molecular flexibility index (Phi) is 16.0. The van der Waals surface area contributed by atoms with Gasteiger partial charge in [0.2, 0.25) is 0 Å². The highest BCUT2D eigenvalue weighted by Crippen LogP contribution is 2.27. The smallest absolute Gasteiger partial charge is 0.252 e. The fourth-order valence-corrected chi connectivity index (χ4v) is 6.12. The van der Waals surface area contributed by atoms with Crippen LogP contribution in [0.5, 0.6) is 5.75 Å². The molecule has 0 spiro atoms. The Hall–Kier alpha value is -4.71. The molecule has 5 aromatic carbocycles. The molecule has 52 heavy (non-hydrogen) atoms. The first-order valence-electron chi connectivity index (χ1n) is 17.9. The number of hydrogen-bond donors (Lipinski definition) is 2. The summed E-state index contributed by atoms with van der Waals surface area (Å²) in [6.07, 6.45) is 4.74. The van der Waals surface area contributed by atoms with Gasteiger partial charge in [-0.05, 0) is 83.6 Å². The third-order valence-electron chi connectivity index (χ3n) is 8.52. The van der Waals surface area contributed by atoms with E-state index in [-0.39, 0.29) is 6.10 Å². The van der Waals surface area contributed by atoms with Crippen LogP contribution in [0.15, 0.2) is 132 Å². The minimum Gasteiger partial charge on any atom is -0.488 e. The van der Waals surface area contributed by atoms with E-state index in [4.69, 9.17) is 19.9 Å². The van der Waals surface area contributed by atoms with Crippen molar-refractivity contribution in [2.75, 3.05) is 26.3 Å². The van der Waals surface area contributed by atoms with Crippen molar-refractivity contribution in [1.82, 2.24) is 5.32 Å². The quantitative estimate of drug-likeness (QED) is 0.0610. The lowest BCUT2D eigenvalue weighted by Gasteiger charge is -2.21. The SMILES string of the molecule is NC(=O)c1cc([C@H](CNCCCCCCOCCC#Cc2cccc(-c3cccc(Br)c3)c2)OCc2ccccc2)ccc1OCc1ccccc1. The molecule has 0 unspecified atom stereocenters. The zero-order valence-corrected chi connectivity index (χ0v) is 31.2. The van der Waals surface area contributed by atoms with Gasteiger partial charge in [-0.25, -0.2) is 0 Å². The molecule has 3 N–H and O–H groups in total. The first-order valence-corrected chi connectivity index (χ1v) is 18.7. The van der Waals surface area contributed by atoms with Gasteiger partial charge >= 0.3 is 0 Å². The van der Waals surface area contributed by atoms with E-state index in [0.717, 1.165) is 71.1 Å². The molecule has 5 aromatic rings. The van der Waals surface area contributed by atoms with E-state index in [0.29, 0.717) is 44.1 Å². The molecule has 5 rings (SSSR count). The maximum absolute atomic E-state index is 12.4. The van der Waals surface area contributed by atoms with Crippen LogP contribution in [0.4, 0.5) is 0 Å². The highest BCUT2D eigenvalue weighted by Gasteiger charge is 2.18. The first-order chi connectivity index (χ1) is 25.5. The minimum atomic E-state index is -0.532. The summed E-state index contributed by atoms with van der Waals surface area (Å²) in [5.41, 5.74) is 12.4. The monoisotopic (exact) mass is 758 g/mol. The van der Waals surface area contributed by atoms with Gasteiger partial charge in [0, 0.05) is 29.6 Å². The maximum atomic E-state index is 12.4. The number of nitrogens with two attached hydrogens (primary N) is 1. The molecular formula is C45H47BrN2O4. The summed E-state index contributed by atoms with van der Waals surface area (Å²) in [4.78, 5) is 12.4. The molecule has 0 aliphatic carbocycles. The molecule has 0 aliphatic heterocycles. The Morgan fingerprint density at radius 2 is 1.44 bits per heavy atom. The number of primary amides is 1. The van der Waals surface area contributed by atoms with Gasteiger partial charge in [-0.15, -0.1) is 0 Å². The highest BCUT2D eigenvalue weighted by atomic mass is 79.9. The Morgan fingerprint density at radius 3 is 2.19 bits per heavy atom. The second kappa shape index (κ2) is 21.6. The lowest BCUT2D eigenvalue weighted by molar-refractivity contribution is 0.0397. The molecule has 268 valence electrons. The minimum absolute atomic E-state index is 0.270. The van der Waals surface area contributed by atoms with E-state index in [1.54, 1.807) is 6.07 Å². The number of carbonyl (C=O) groups excluding carboxylic acids is 1. The average molecular weight is 760 g/mol. The van der Waals surface area contributed by atoms with E-state index >= 15 is 0 Å². The van der Waals surface area contributed by atoms with Crippen LogP contribution in [0.1, 0.15) is 70.8 Å². The van der Waals surface area contributed by atoms with Crippen molar-refractivity contribution < 1.29 is 19.0 Å². The number of unbranched alkanes of at least 4 members (excludes halogenated alkanes) is 3. The van der Waals surface area contributed by atoms with Crippen molar-refractivity contribution in [3.05, 3.63) is 160 Å². The standard InChI is InChI=1S/C45H47BrN2O4/c46-41-23-14-22-39(30-41)38-21-13-20-35(29-38)15-9-12-28-50-27-11-2-1-10-26-48-32-44(52-34-37-18-7-4-8-19-37)40-24-25-43(42(31-40)45(47)49)51-33-36-16-5-3-6-17-36/h3-8,13-14,16-25,29-31,44,48H,1-2,10-12,26-28,32-34H2,(H2,47,49)/t44-/m0/s1. The van der Waals surface area contributed by atoms with Gasteiger partial charge in [0.15, 0.2) is 0 Å². The highest BCUT2D eigenvalue weighted by molar-refractivity contribution is 9.10. The summed E-state index contributed by atoms with van der Waals surface area (Å²) in [5.74, 6) is 6.45. The number of nitrogens with one attached hydrogen (secondary N) is 1. The van der Waals surface area contributed by atoms with Crippen molar-refractivity contribution in [3.63, 3.8) is 0 Å². The van der Waals surface area contributed by atoms with E-state index in [1.807, 2.05) is 97.1 Å². The van der Waals surface area contributed by atoms with Crippen molar-refractivity contribution >= 4 is 21.8 Å². The number of carbonyl (C=O) groups is 1. The van der Waals surface area contributed by atoms with Crippen LogP contribution >= 0.6 is 15.9 Å². The third-order valence-corrected chi connectivity index (χ3v) is 9.01. The number of amides is 1. The number of hydrogen-bond acceptors (Lipinski definition) is 5. The Morgan fingerprint density at radius 1 is 0.731 bits per heavy atom. The van der Waals surface area contributed by atoms with Crippen LogP contribution in [0.3, 0.4) is 0 Å². The largest absolute Gasteiger partial charge is 0.488 e. The van der Waals surface area contributed by atoms with Gasteiger partial charge in [0.25, 0.3) is 5.91 Å². The maximum Gasteiger partial charge on any atom is 0.252 e. The zero-order valence-electron chi connectivity index (χ0n) is 29.6. The van der Waals surface area contributed by atoms with Crippen molar-refractivity contribution in [2.24, 2.45) is 5.73 Å². The van der Waals surface area contributed by atoms with E-state index in [2.05, 4.69) is 57.4 Å². The zero-order chi connectivity index (χ0) is 36.2. The Labute approximate surface area is 316 Å². The fourth-order valence-electron chi connectivity index (χ4n) is 5.72. The summed E-state index contributed by atoms with van der Waals surface area (Å²) in [6, 6.07) is 42.1. The lowest BCUT2D eigenvalue weighted by Crippen LogP contribution is -2.25. The summed E-state index contributed by atoms with van der Waals surface area (Å²) < 4.78 is 19.3. The molecule has 0 radical (unpaired) electrons. The van der Waals surface area contributed by atoms with Crippen LogP contribution < -0.4 is 15.8 Å². The van der Waals surface area contributed by atoms with Gasteiger partial charge in [-0.1, -0.05) is 132 Å². The Balaban J connectivity index is 1.01. The molecule has 0 saturated heterocycles. The molecule has 0 saturated carbocycles. The van der Waals surface area contributed by atoms with E-state index in [1.165, 1.54) is 5.56 Å². The second-order valence-corrected chi connectivity index (χ2v) is 13.5. The number of rotatable bonds is 20. The summed E-state index contributed by atoms with van der Waals surface area (Å²) in [5, 5.41) is 3.56. The molecule has 1 atom stereocenters. The van der Waals surface area contributed by atoms with Crippen molar-refractivity contribution in [2.45, 2.75) is 51.4 Å². The molecule has 0 aliphatic rings. The van der Waals surface area contributed by atoms with Crippen LogP contribution in [0, 0.1) is 11.8 Å². The molecule has 0 heterocycles. The molecule has 0 bridgehead atoms. The van der Waals surface area contributed by atoms with Crippen molar-refractivity contribution in [1.29, 1.82) is 0 Å². The van der Waals surface area contributed by atoms with Crippen LogP contribution in [-0.4, -0.2) is 32.2 Å². The van der Waals surface area contributed by atoms with Gasteiger partial charge in [-0.2, -0.15) is 0 Å². The number of halogens is 1. The normalized spacial score (nSPS) is 11.4. The summed E-state index contributed by atoms with van der Waals surface area (Å²) >= 11 is 3.55. The van der Waals surface area contributed by atoms with Gasteiger partial charge in [0.05, 0.1) is 24.9 Å². The predicted molar refractivity (Wildman–Crippen MR) is 213 cm³/mol. The molecular weight excluding hydrogens is 712 g/mol. The molecule has 0 fully saturated rings. The number of ether oxygens (including phenoxy) is 3. The van der Waals surface area contributed by atoms with Crippen LogP contribution in [0.25, 0.3) is 11.1 Å². The molecule has 0 aromatic heterocycles. The van der Waals surface area contributed by atoms with Crippen molar-refractivity contribution in [3.8, 4) is 28.7 Å². The topological polar surface area (TPSA) is 82.8 Å². The van der Waals surface area contributed by atoms with E-state index in [9.17, 15) is 4.79 Å². The van der Waals surface area contributed by atoms with Gasteiger partial charge in [0.1, 0.15) is 12.4 Å².